The van der Waals surface area contributed by atoms with Gasteiger partial charge in [-0.25, -0.2) is 0 Å². The van der Waals surface area contributed by atoms with Crippen molar-refractivity contribution in [3.63, 3.8) is 0 Å². The molecule has 2 heterocycles. The van der Waals surface area contributed by atoms with E-state index in [2.05, 4.69) is 22.3 Å². The number of amides is 3. The maximum Gasteiger partial charge on any atom is 0.234 e. The first-order valence-electron chi connectivity index (χ1n) is 11.2. The Bertz CT molecular complexity index is 817. The molecule has 1 unspecified atom stereocenters. The fraction of sp³-hybridized carbons (Fsp3) is 0.609. The Kier molecular flexibility index (Phi) is 6.37. The van der Waals surface area contributed by atoms with Gasteiger partial charge in [-0.05, 0) is 48.9 Å². The third kappa shape index (κ3) is 4.51. The molecule has 1 aromatic carbocycles. The number of hydrogen-bond donors (Lipinski definition) is 1. The summed E-state index contributed by atoms with van der Waals surface area (Å²) in [6.45, 7) is 6.21. The summed E-state index contributed by atoms with van der Waals surface area (Å²) in [6, 6.07) is 6.29. The lowest BCUT2D eigenvalue weighted by atomic mass is 10.1. The van der Waals surface area contributed by atoms with Crippen molar-refractivity contribution < 1.29 is 14.4 Å². The minimum absolute atomic E-state index is 0.0394. The highest BCUT2D eigenvalue weighted by atomic mass is 16.2. The molecule has 1 aliphatic carbocycles. The number of hydrogen-bond acceptors (Lipinski definition) is 4. The van der Waals surface area contributed by atoms with E-state index in [1.807, 2.05) is 17.9 Å². The topological polar surface area (TPSA) is 73.0 Å². The van der Waals surface area contributed by atoms with Crippen LogP contribution in [0.5, 0.6) is 0 Å². The molecule has 30 heavy (non-hydrogen) atoms. The highest BCUT2D eigenvalue weighted by Crippen LogP contribution is 2.31. The summed E-state index contributed by atoms with van der Waals surface area (Å²) in [6.07, 6.45) is 4.59. The highest BCUT2D eigenvalue weighted by Gasteiger charge is 2.38. The lowest BCUT2D eigenvalue weighted by molar-refractivity contribution is -0.137. The van der Waals surface area contributed by atoms with Crippen LogP contribution < -0.4 is 10.2 Å². The van der Waals surface area contributed by atoms with E-state index in [0.717, 1.165) is 24.9 Å². The van der Waals surface area contributed by atoms with Gasteiger partial charge in [-0.15, -0.1) is 0 Å². The van der Waals surface area contributed by atoms with Crippen molar-refractivity contribution in [3.05, 3.63) is 29.3 Å². The molecule has 0 spiro atoms. The second kappa shape index (κ2) is 9.16. The monoisotopic (exact) mass is 412 g/mol. The molecule has 0 bridgehead atoms. The summed E-state index contributed by atoms with van der Waals surface area (Å²) >= 11 is 0. The normalized spacial score (nSPS) is 21.8. The predicted molar refractivity (Wildman–Crippen MR) is 115 cm³/mol. The van der Waals surface area contributed by atoms with Crippen LogP contribution in [0.2, 0.25) is 0 Å². The maximum atomic E-state index is 13.0. The maximum absolute atomic E-state index is 13.0. The van der Waals surface area contributed by atoms with Crippen LogP contribution in [-0.4, -0.2) is 73.3 Å². The van der Waals surface area contributed by atoms with Gasteiger partial charge in [0.15, 0.2) is 0 Å². The molecule has 3 amide bonds. The van der Waals surface area contributed by atoms with E-state index >= 15 is 0 Å². The molecule has 3 aliphatic rings. The number of benzene rings is 1. The first-order chi connectivity index (χ1) is 14.5. The number of carbonyl (C=O) groups is 3. The summed E-state index contributed by atoms with van der Waals surface area (Å²) in [5.74, 6) is -0.118. The fourth-order valence-corrected chi connectivity index (χ4v) is 4.76. The van der Waals surface area contributed by atoms with Crippen LogP contribution in [0.1, 0.15) is 37.3 Å². The summed E-state index contributed by atoms with van der Waals surface area (Å²) in [5.41, 5.74) is 3.66. The summed E-state index contributed by atoms with van der Waals surface area (Å²) in [4.78, 5) is 43.3. The molecule has 2 fully saturated rings. The zero-order valence-electron chi connectivity index (χ0n) is 17.9. The third-order valence-corrected chi connectivity index (χ3v) is 6.49. The SMILES string of the molecule is CCCNC(=O)CN1CCN(C(=O)C2CC(=O)N(c3ccc4c(c3)CCC4)C2)CC1. The summed E-state index contributed by atoms with van der Waals surface area (Å²) in [5, 5.41) is 2.89. The van der Waals surface area contributed by atoms with Crippen LogP contribution in [0.25, 0.3) is 0 Å². The fourth-order valence-electron chi connectivity index (χ4n) is 4.76. The van der Waals surface area contributed by atoms with E-state index in [0.29, 0.717) is 45.8 Å². The van der Waals surface area contributed by atoms with Gasteiger partial charge in [0.25, 0.3) is 0 Å². The van der Waals surface area contributed by atoms with Crippen LogP contribution in [0.4, 0.5) is 5.69 Å². The molecule has 7 heteroatoms. The summed E-state index contributed by atoms with van der Waals surface area (Å²) < 4.78 is 0. The number of nitrogens with zero attached hydrogens (tertiary/aromatic N) is 3. The predicted octanol–water partition coefficient (Wildman–Crippen LogP) is 1.20. The van der Waals surface area contributed by atoms with Crippen molar-refractivity contribution in [2.75, 3.05) is 50.7 Å². The lowest BCUT2D eigenvalue weighted by Crippen LogP contribution is -2.52. The molecule has 1 N–H and O–H groups in total. The summed E-state index contributed by atoms with van der Waals surface area (Å²) in [7, 11) is 0. The van der Waals surface area contributed by atoms with Gasteiger partial charge in [0.05, 0.1) is 12.5 Å². The quantitative estimate of drug-likeness (QED) is 0.762. The van der Waals surface area contributed by atoms with Crippen molar-refractivity contribution in [1.82, 2.24) is 15.1 Å². The lowest BCUT2D eigenvalue weighted by Gasteiger charge is -2.35. The van der Waals surface area contributed by atoms with Gasteiger partial charge in [0.1, 0.15) is 0 Å². The first-order valence-corrected chi connectivity index (χ1v) is 11.2. The molecule has 0 aromatic heterocycles. The van der Waals surface area contributed by atoms with Crippen molar-refractivity contribution >= 4 is 23.4 Å². The van der Waals surface area contributed by atoms with E-state index in [-0.39, 0.29) is 30.1 Å². The first kappa shape index (κ1) is 20.8. The Hall–Kier alpha value is -2.41. The van der Waals surface area contributed by atoms with Crippen LogP contribution in [0, 0.1) is 5.92 Å². The number of rotatable bonds is 6. The minimum Gasteiger partial charge on any atom is -0.355 e. The average Bonchev–Trinajstić information content (AvgIpc) is 3.38. The Morgan fingerprint density at radius 1 is 1.10 bits per heavy atom. The highest BCUT2D eigenvalue weighted by molar-refractivity contribution is 6.00. The van der Waals surface area contributed by atoms with Crippen molar-refractivity contribution in [1.29, 1.82) is 0 Å². The molecule has 2 aliphatic heterocycles. The van der Waals surface area contributed by atoms with Gasteiger partial charge in [-0.2, -0.15) is 0 Å². The Morgan fingerprint density at radius 3 is 2.63 bits per heavy atom. The van der Waals surface area contributed by atoms with Gasteiger partial charge >= 0.3 is 0 Å². The zero-order valence-corrected chi connectivity index (χ0v) is 17.9. The van der Waals surface area contributed by atoms with E-state index in [4.69, 9.17) is 0 Å². The Morgan fingerprint density at radius 2 is 1.87 bits per heavy atom. The van der Waals surface area contributed by atoms with Gasteiger partial charge in [-0.3, -0.25) is 19.3 Å². The van der Waals surface area contributed by atoms with Gasteiger partial charge < -0.3 is 15.1 Å². The van der Waals surface area contributed by atoms with Crippen LogP contribution in [0.15, 0.2) is 18.2 Å². The molecule has 2 saturated heterocycles. The third-order valence-electron chi connectivity index (χ3n) is 6.49. The smallest absolute Gasteiger partial charge is 0.234 e. The van der Waals surface area contributed by atoms with E-state index < -0.39 is 0 Å². The number of carbonyl (C=O) groups excluding carboxylic acids is 3. The number of fused-ring (bicyclic) bond motifs is 1. The molecule has 162 valence electrons. The average molecular weight is 413 g/mol. The van der Waals surface area contributed by atoms with Crippen molar-refractivity contribution in [3.8, 4) is 0 Å². The van der Waals surface area contributed by atoms with E-state index in [1.54, 1.807) is 4.90 Å². The standard InChI is InChI=1S/C23H32N4O3/c1-2-8-24-21(28)16-25-9-11-26(12-10-25)23(30)19-14-22(29)27(15-19)20-7-6-17-4-3-5-18(17)13-20/h6-7,13,19H,2-5,8-12,14-16H2,1H3,(H,24,28). The number of aryl methyl sites for hydroxylation is 2. The molecule has 1 aromatic rings. The largest absolute Gasteiger partial charge is 0.355 e. The Balaban J connectivity index is 1.30. The molecule has 0 saturated carbocycles. The molecule has 7 nitrogen and oxygen atoms in total. The van der Waals surface area contributed by atoms with Crippen molar-refractivity contribution in [2.45, 2.75) is 39.0 Å². The number of nitrogens with one attached hydrogen (secondary N) is 1. The second-order valence-electron chi connectivity index (χ2n) is 8.66. The van der Waals surface area contributed by atoms with Crippen LogP contribution >= 0.6 is 0 Å². The van der Waals surface area contributed by atoms with Gasteiger partial charge in [0, 0.05) is 51.4 Å². The van der Waals surface area contributed by atoms with E-state index in [1.165, 1.54) is 17.5 Å². The molecule has 4 rings (SSSR count). The molecular weight excluding hydrogens is 380 g/mol. The zero-order chi connectivity index (χ0) is 21.1. The molecule has 1 atom stereocenters. The van der Waals surface area contributed by atoms with Gasteiger partial charge in [-0.1, -0.05) is 13.0 Å². The van der Waals surface area contributed by atoms with Gasteiger partial charge in [0.2, 0.25) is 17.7 Å². The van der Waals surface area contributed by atoms with E-state index in [9.17, 15) is 14.4 Å². The molecular formula is C23H32N4O3. The van der Waals surface area contributed by atoms with Crippen LogP contribution in [-0.2, 0) is 27.2 Å². The minimum atomic E-state index is -0.273. The molecule has 0 radical (unpaired) electrons. The number of anilines is 1. The Labute approximate surface area is 178 Å². The van der Waals surface area contributed by atoms with Crippen molar-refractivity contribution in [2.24, 2.45) is 5.92 Å². The number of piperazine rings is 1. The second-order valence-corrected chi connectivity index (χ2v) is 8.66. The van der Waals surface area contributed by atoms with Crippen LogP contribution in [0.3, 0.4) is 0 Å².